The Morgan fingerprint density at radius 3 is 2.19 bits per heavy atom. The molecule has 0 bridgehead atoms. The van der Waals surface area contributed by atoms with Crippen LogP contribution in [0.3, 0.4) is 0 Å². The van der Waals surface area contributed by atoms with E-state index in [0.717, 1.165) is 11.5 Å². The Hall–Kier alpha value is -0.830. The van der Waals surface area contributed by atoms with Crippen LogP contribution < -0.4 is 4.90 Å². The molecule has 0 saturated heterocycles. The van der Waals surface area contributed by atoms with E-state index in [1.54, 1.807) is 12.4 Å². The third-order valence-corrected chi connectivity index (χ3v) is 3.30. The van der Waals surface area contributed by atoms with Crippen molar-refractivity contribution in [1.29, 1.82) is 0 Å². The largest absolute Gasteiger partial charge is 0.341 e. The zero-order valence-corrected chi connectivity index (χ0v) is 11.4. The van der Waals surface area contributed by atoms with Crippen LogP contribution in [0.2, 0.25) is 0 Å². The lowest BCUT2D eigenvalue weighted by Gasteiger charge is -2.35. The summed E-state index contributed by atoms with van der Waals surface area (Å²) in [7, 11) is 2.02. The summed E-state index contributed by atoms with van der Waals surface area (Å²) in [5.41, 5.74) is 1.14. The van der Waals surface area contributed by atoms with Crippen LogP contribution in [0.15, 0.2) is 12.4 Å². The number of halogens is 1. The van der Waals surface area contributed by atoms with Crippen molar-refractivity contribution >= 4 is 17.5 Å². The number of hydrogen-bond donors (Lipinski definition) is 0. The van der Waals surface area contributed by atoms with Gasteiger partial charge in [0, 0.05) is 31.0 Å². The van der Waals surface area contributed by atoms with Crippen LogP contribution in [-0.4, -0.2) is 23.1 Å². The van der Waals surface area contributed by atoms with Crippen molar-refractivity contribution in [2.45, 2.75) is 39.6 Å². The summed E-state index contributed by atoms with van der Waals surface area (Å²) in [5, 5.41) is 0. The highest BCUT2D eigenvalue weighted by molar-refractivity contribution is 6.17. The maximum Gasteiger partial charge on any atom is 0.225 e. The molecule has 0 N–H and O–H groups in total. The van der Waals surface area contributed by atoms with E-state index in [4.69, 9.17) is 11.6 Å². The van der Waals surface area contributed by atoms with E-state index in [0.29, 0.717) is 11.9 Å². The molecule has 1 heterocycles. The molecular formula is C12H20ClN3. The average Bonchev–Trinajstić information content (AvgIpc) is 2.26. The molecule has 0 radical (unpaired) electrons. The van der Waals surface area contributed by atoms with Gasteiger partial charge in [0.2, 0.25) is 5.95 Å². The van der Waals surface area contributed by atoms with Gasteiger partial charge in [-0.3, -0.25) is 0 Å². The monoisotopic (exact) mass is 241 g/mol. The maximum atomic E-state index is 5.70. The fraction of sp³-hybridized carbons (Fsp3) is 0.667. The second kappa shape index (κ2) is 5.00. The summed E-state index contributed by atoms with van der Waals surface area (Å²) in [6, 6.07) is 0.370. The number of aromatic nitrogens is 2. The Labute approximate surface area is 103 Å². The molecule has 1 atom stereocenters. The van der Waals surface area contributed by atoms with E-state index in [1.165, 1.54) is 0 Å². The summed E-state index contributed by atoms with van der Waals surface area (Å²) in [5.74, 6) is 1.20. The first-order chi connectivity index (χ1) is 7.36. The summed E-state index contributed by atoms with van der Waals surface area (Å²) in [6.07, 6.45) is 3.56. The number of alkyl halides is 1. The zero-order valence-electron chi connectivity index (χ0n) is 10.7. The summed E-state index contributed by atoms with van der Waals surface area (Å²) < 4.78 is 0. The molecule has 0 aliphatic heterocycles. The minimum atomic E-state index is 0.198. The maximum absolute atomic E-state index is 5.70. The average molecular weight is 242 g/mol. The lowest BCUT2D eigenvalue weighted by atomic mass is 9.87. The van der Waals surface area contributed by atoms with Gasteiger partial charge in [-0.1, -0.05) is 20.8 Å². The molecule has 1 unspecified atom stereocenters. The molecule has 0 fully saturated rings. The minimum absolute atomic E-state index is 0.198. The van der Waals surface area contributed by atoms with Gasteiger partial charge in [-0.05, 0) is 12.3 Å². The zero-order chi connectivity index (χ0) is 12.3. The van der Waals surface area contributed by atoms with Gasteiger partial charge in [0.1, 0.15) is 0 Å². The van der Waals surface area contributed by atoms with E-state index in [2.05, 4.69) is 42.6 Å². The van der Waals surface area contributed by atoms with Crippen molar-refractivity contribution in [2.24, 2.45) is 5.41 Å². The van der Waals surface area contributed by atoms with Crippen molar-refractivity contribution in [2.75, 3.05) is 11.9 Å². The SMILES string of the molecule is CC(N(C)c1ncc(CCl)cn1)C(C)(C)C. The van der Waals surface area contributed by atoms with Crippen LogP contribution in [0, 0.1) is 5.41 Å². The Balaban J connectivity index is 2.84. The minimum Gasteiger partial charge on any atom is -0.341 e. The predicted octanol–water partition coefficient (Wildman–Crippen LogP) is 3.09. The van der Waals surface area contributed by atoms with Crippen LogP contribution in [0.1, 0.15) is 33.3 Å². The fourth-order valence-electron chi connectivity index (χ4n) is 1.35. The van der Waals surface area contributed by atoms with E-state index in [1.807, 2.05) is 7.05 Å². The van der Waals surface area contributed by atoms with Crippen LogP contribution in [0.5, 0.6) is 0 Å². The highest BCUT2D eigenvalue weighted by atomic mass is 35.5. The summed E-state index contributed by atoms with van der Waals surface area (Å²) in [4.78, 5) is 10.7. The second-order valence-electron chi connectivity index (χ2n) is 5.18. The molecule has 1 rings (SSSR count). The van der Waals surface area contributed by atoms with E-state index < -0.39 is 0 Å². The molecule has 4 heteroatoms. The third-order valence-electron chi connectivity index (χ3n) is 3.00. The first-order valence-corrected chi connectivity index (χ1v) is 5.99. The van der Waals surface area contributed by atoms with Gasteiger partial charge in [0.25, 0.3) is 0 Å². The van der Waals surface area contributed by atoms with Crippen molar-refractivity contribution < 1.29 is 0 Å². The smallest absolute Gasteiger partial charge is 0.225 e. The number of anilines is 1. The molecule has 16 heavy (non-hydrogen) atoms. The van der Waals surface area contributed by atoms with Gasteiger partial charge in [-0.15, -0.1) is 11.6 Å². The molecule has 90 valence electrons. The molecule has 0 aromatic carbocycles. The van der Waals surface area contributed by atoms with Crippen molar-refractivity contribution in [3.05, 3.63) is 18.0 Å². The van der Waals surface area contributed by atoms with Crippen LogP contribution in [0.4, 0.5) is 5.95 Å². The Kier molecular flexibility index (Phi) is 4.14. The van der Waals surface area contributed by atoms with Gasteiger partial charge < -0.3 is 4.90 Å². The summed E-state index contributed by atoms with van der Waals surface area (Å²) >= 11 is 5.70. The van der Waals surface area contributed by atoms with Crippen LogP contribution in [-0.2, 0) is 5.88 Å². The standard InChI is InChI=1S/C12H20ClN3/c1-9(12(2,3)4)16(5)11-14-7-10(6-13)8-15-11/h7-9H,6H2,1-5H3. The molecule has 1 aromatic rings. The van der Waals surface area contributed by atoms with Gasteiger partial charge in [0.15, 0.2) is 0 Å². The number of hydrogen-bond acceptors (Lipinski definition) is 3. The molecule has 0 amide bonds. The van der Waals surface area contributed by atoms with Gasteiger partial charge >= 0.3 is 0 Å². The molecular weight excluding hydrogens is 222 g/mol. The molecule has 1 aromatic heterocycles. The van der Waals surface area contributed by atoms with Gasteiger partial charge in [-0.25, -0.2) is 9.97 Å². The molecule has 0 spiro atoms. The van der Waals surface area contributed by atoms with Crippen molar-refractivity contribution in [3.63, 3.8) is 0 Å². The number of rotatable bonds is 3. The lowest BCUT2D eigenvalue weighted by molar-refractivity contribution is 0.327. The molecule has 0 aliphatic rings. The molecule has 3 nitrogen and oxygen atoms in total. The Morgan fingerprint density at radius 1 is 1.31 bits per heavy atom. The topological polar surface area (TPSA) is 29.0 Å². The second-order valence-corrected chi connectivity index (χ2v) is 5.45. The fourth-order valence-corrected chi connectivity index (χ4v) is 1.49. The summed E-state index contributed by atoms with van der Waals surface area (Å²) in [6.45, 7) is 8.81. The third kappa shape index (κ3) is 3.08. The number of nitrogens with zero attached hydrogens (tertiary/aromatic N) is 3. The molecule has 0 aliphatic carbocycles. The van der Waals surface area contributed by atoms with Gasteiger partial charge in [0.05, 0.1) is 5.88 Å². The van der Waals surface area contributed by atoms with Crippen molar-refractivity contribution in [1.82, 2.24) is 9.97 Å². The van der Waals surface area contributed by atoms with Crippen LogP contribution >= 0.6 is 11.6 Å². The quantitative estimate of drug-likeness (QED) is 0.762. The molecule has 0 saturated carbocycles. The Morgan fingerprint density at radius 2 is 1.81 bits per heavy atom. The van der Waals surface area contributed by atoms with Crippen molar-refractivity contribution in [3.8, 4) is 0 Å². The van der Waals surface area contributed by atoms with Gasteiger partial charge in [-0.2, -0.15) is 0 Å². The Bertz CT molecular complexity index is 329. The lowest BCUT2D eigenvalue weighted by Crippen LogP contribution is -2.40. The first-order valence-electron chi connectivity index (χ1n) is 5.46. The van der Waals surface area contributed by atoms with Crippen LogP contribution in [0.25, 0.3) is 0 Å². The first kappa shape index (κ1) is 13.2. The van der Waals surface area contributed by atoms with E-state index in [-0.39, 0.29) is 5.41 Å². The normalized spacial score (nSPS) is 13.6. The van der Waals surface area contributed by atoms with E-state index >= 15 is 0 Å². The van der Waals surface area contributed by atoms with E-state index in [9.17, 15) is 0 Å². The highest BCUT2D eigenvalue weighted by Gasteiger charge is 2.25. The predicted molar refractivity (Wildman–Crippen MR) is 68.9 cm³/mol. The highest BCUT2D eigenvalue weighted by Crippen LogP contribution is 2.25.